The van der Waals surface area contributed by atoms with Gasteiger partial charge in [-0.3, -0.25) is 5.41 Å². The zero-order chi connectivity index (χ0) is 12.3. The van der Waals surface area contributed by atoms with Crippen LogP contribution in [-0.4, -0.2) is 10.8 Å². The van der Waals surface area contributed by atoms with Crippen molar-refractivity contribution >= 4 is 28.8 Å². The summed E-state index contributed by atoms with van der Waals surface area (Å²) in [6.45, 7) is 0.386. The van der Waals surface area contributed by atoms with Gasteiger partial charge in [0, 0.05) is 17.1 Å². The van der Waals surface area contributed by atoms with Crippen LogP contribution < -0.4 is 10.5 Å². The van der Waals surface area contributed by atoms with Crippen LogP contribution in [0.4, 0.5) is 0 Å². The van der Waals surface area contributed by atoms with E-state index in [0.717, 1.165) is 5.01 Å². The van der Waals surface area contributed by atoms with Crippen LogP contribution in [0.3, 0.4) is 0 Å². The molecule has 0 fully saturated rings. The molecular formula is C11H10ClN3OS. The van der Waals surface area contributed by atoms with E-state index in [4.69, 9.17) is 27.5 Å². The first-order chi connectivity index (χ1) is 8.16. The summed E-state index contributed by atoms with van der Waals surface area (Å²) in [6.07, 6.45) is 1.73. The number of nitrogens with one attached hydrogen (secondary N) is 1. The summed E-state index contributed by atoms with van der Waals surface area (Å²) in [4.78, 5) is 4.10. The Morgan fingerprint density at radius 1 is 1.53 bits per heavy atom. The second-order valence-corrected chi connectivity index (χ2v) is 4.66. The number of benzene rings is 1. The van der Waals surface area contributed by atoms with Crippen molar-refractivity contribution in [2.45, 2.75) is 6.61 Å². The Hall–Kier alpha value is -1.59. The fraction of sp³-hybridized carbons (Fsp3) is 0.0909. The van der Waals surface area contributed by atoms with Crippen LogP contribution >= 0.6 is 22.9 Å². The zero-order valence-corrected chi connectivity index (χ0v) is 10.4. The Morgan fingerprint density at radius 3 is 2.94 bits per heavy atom. The van der Waals surface area contributed by atoms with Crippen LogP contribution in [0.1, 0.15) is 10.6 Å². The fourth-order valence-electron chi connectivity index (χ4n) is 1.25. The Kier molecular flexibility index (Phi) is 3.61. The summed E-state index contributed by atoms with van der Waals surface area (Å²) >= 11 is 7.54. The first-order valence-electron chi connectivity index (χ1n) is 4.82. The number of hydrogen-bond acceptors (Lipinski definition) is 4. The molecule has 0 atom stereocenters. The van der Waals surface area contributed by atoms with Gasteiger partial charge in [-0.1, -0.05) is 11.6 Å². The highest BCUT2D eigenvalue weighted by molar-refractivity contribution is 7.09. The number of rotatable bonds is 4. The topological polar surface area (TPSA) is 72.0 Å². The highest BCUT2D eigenvalue weighted by Gasteiger charge is 2.05. The largest absolute Gasteiger partial charge is 0.485 e. The average molecular weight is 268 g/mol. The quantitative estimate of drug-likeness (QED) is 0.661. The maximum Gasteiger partial charge on any atom is 0.140 e. The van der Waals surface area contributed by atoms with Gasteiger partial charge < -0.3 is 10.5 Å². The van der Waals surface area contributed by atoms with Crippen molar-refractivity contribution in [2.75, 3.05) is 0 Å². The molecule has 0 amide bonds. The van der Waals surface area contributed by atoms with E-state index in [9.17, 15) is 0 Å². The first kappa shape index (κ1) is 11.9. The highest BCUT2D eigenvalue weighted by atomic mass is 35.5. The van der Waals surface area contributed by atoms with Gasteiger partial charge in [0.15, 0.2) is 0 Å². The van der Waals surface area contributed by atoms with Gasteiger partial charge in [-0.25, -0.2) is 4.98 Å². The number of nitrogens with two attached hydrogens (primary N) is 1. The van der Waals surface area contributed by atoms with Gasteiger partial charge in [-0.05, 0) is 18.2 Å². The van der Waals surface area contributed by atoms with Crippen LogP contribution in [0.2, 0.25) is 5.02 Å². The predicted molar refractivity (Wildman–Crippen MR) is 68.9 cm³/mol. The lowest BCUT2D eigenvalue weighted by atomic mass is 10.2. The van der Waals surface area contributed by atoms with Crippen LogP contribution in [0.5, 0.6) is 5.75 Å². The molecule has 6 heteroatoms. The summed E-state index contributed by atoms with van der Waals surface area (Å²) in [5.41, 5.74) is 5.94. The molecule has 2 aromatic rings. The molecule has 2 rings (SSSR count). The molecule has 1 aromatic heterocycles. The van der Waals surface area contributed by atoms with E-state index in [1.54, 1.807) is 24.4 Å². The van der Waals surface area contributed by atoms with Crippen molar-refractivity contribution in [3.8, 4) is 5.75 Å². The highest BCUT2D eigenvalue weighted by Crippen LogP contribution is 2.26. The van der Waals surface area contributed by atoms with Gasteiger partial charge in [-0.15, -0.1) is 11.3 Å². The normalized spacial score (nSPS) is 10.2. The standard InChI is InChI=1S/C11H10ClN3OS/c12-8-5-7(11(13)14)1-2-9(8)16-6-10-15-3-4-17-10/h1-5H,6H2,(H3,13,14). The van der Waals surface area contributed by atoms with Crippen molar-refractivity contribution in [3.63, 3.8) is 0 Å². The smallest absolute Gasteiger partial charge is 0.140 e. The summed E-state index contributed by atoms with van der Waals surface area (Å²) in [7, 11) is 0. The van der Waals surface area contributed by atoms with Crippen molar-refractivity contribution in [3.05, 3.63) is 45.4 Å². The molecule has 4 nitrogen and oxygen atoms in total. The van der Waals surface area contributed by atoms with Crippen molar-refractivity contribution < 1.29 is 4.74 Å². The third-order valence-electron chi connectivity index (χ3n) is 2.08. The lowest BCUT2D eigenvalue weighted by molar-refractivity contribution is 0.306. The number of amidine groups is 1. The molecule has 0 aliphatic rings. The fourth-order valence-corrected chi connectivity index (χ4v) is 2.01. The van der Waals surface area contributed by atoms with Gasteiger partial charge in [-0.2, -0.15) is 0 Å². The van der Waals surface area contributed by atoms with E-state index in [2.05, 4.69) is 4.98 Å². The van der Waals surface area contributed by atoms with E-state index in [1.165, 1.54) is 11.3 Å². The van der Waals surface area contributed by atoms with Crippen LogP contribution in [0.15, 0.2) is 29.8 Å². The van der Waals surface area contributed by atoms with Crippen LogP contribution in [-0.2, 0) is 6.61 Å². The van der Waals surface area contributed by atoms with Crippen LogP contribution in [0.25, 0.3) is 0 Å². The number of nitrogen functional groups attached to an aromatic ring is 1. The van der Waals surface area contributed by atoms with Gasteiger partial charge in [0.1, 0.15) is 23.2 Å². The Bertz CT molecular complexity index is 528. The van der Waals surface area contributed by atoms with Gasteiger partial charge >= 0.3 is 0 Å². The molecule has 3 N–H and O–H groups in total. The lowest BCUT2D eigenvalue weighted by Gasteiger charge is -2.07. The number of ether oxygens (including phenoxy) is 1. The second-order valence-electron chi connectivity index (χ2n) is 3.27. The molecule has 0 aliphatic carbocycles. The molecular weight excluding hydrogens is 258 g/mol. The zero-order valence-electron chi connectivity index (χ0n) is 8.81. The van der Waals surface area contributed by atoms with Gasteiger partial charge in [0.2, 0.25) is 0 Å². The maximum absolute atomic E-state index is 7.29. The molecule has 0 unspecified atom stereocenters. The third kappa shape index (κ3) is 2.95. The molecule has 0 saturated carbocycles. The predicted octanol–water partition coefficient (Wildman–Crippen LogP) is 2.66. The molecule has 17 heavy (non-hydrogen) atoms. The monoisotopic (exact) mass is 267 g/mol. The van der Waals surface area contributed by atoms with E-state index < -0.39 is 0 Å². The average Bonchev–Trinajstić information content (AvgIpc) is 2.80. The molecule has 0 bridgehead atoms. The van der Waals surface area contributed by atoms with E-state index in [0.29, 0.717) is 22.9 Å². The van der Waals surface area contributed by atoms with E-state index in [-0.39, 0.29) is 5.84 Å². The second kappa shape index (κ2) is 5.16. The Morgan fingerprint density at radius 2 is 2.35 bits per heavy atom. The third-order valence-corrected chi connectivity index (χ3v) is 3.13. The van der Waals surface area contributed by atoms with Crippen molar-refractivity contribution in [2.24, 2.45) is 5.73 Å². The number of halogens is 1. The SMILES string of the molecule is N=C(N)c1ccc(OCc2nccs2)c(Cl)c1. The molecule has 1 aromatic carbocycles. The number of nitrogens with zero attached hydrogens (tertiary/aromatic N) is 1. The summed E-state index contributed by atoms with van der Waals surface area (Å²) in [5.74, 6) is 0.547. The molecule has 1 heterocycles. The Labute approximate surface area is 108 Å². The number of hydrogen-bond donors (Lipinski definition) is 2. The van der Waals surface area contributed by atoms with Crippen molar-refractivity contribution in [1.82, 2.24) is 4.98 Å². The lowest BCUT2D eigenvalue weighted by Crippen LogP contribution is -2.10. The molecule has 88 valence electrons. The minimum absolute atomic E-state index is 0.0154. The van der Waals surface area contributed by atoms with Gasteiger partial charge in [0.25, 0.3) is 0 Å². The van der Waals surface area contributed by atoms with E-state index >= 15 is 0 Å². The summed E-state index contributed by atoms with van der Waals surface area (Å²) < 4.78 is 5.52. The summed E-state index contributed by atoms with van der Waals surface area (Å²) in [6, 6.07) is 5.01. The molecule has 0 radical (unpaired) electrons. The van der Waals surface area contributed by atoms with Crippen LogP contribution in [0, 0.1) is 5.41 Å². The number of thiazole rings is 1. The first-order valence-corrected chi connectivity index (χ1v) is 6.07. The Balaban J connectivity index is 2.09. The van der Waals surface area contributed by atoms with Gasteiger partial charge in [0.05, 0.1) is 5.02 Å². The summed E-state index contributed by atoms with van der Waals surface area (Å²) in [5, 5.41) is 10.5. The minimum Gasteiger partial charge on any atom is -0.485 e. The molecule has 0 spiro atoms. The number of aromatic nitrogens is 1. The van der Waals surface area contributed by atoms with E-state index in [1.807, 2.05) is 5.38 Å². The maximum atomic E-state index is 7.29. The minimum atomic E-state index is -0.0154. The van der Waals surface area contributed by atoms with Crippen molar-refractivity contribution in [1.29, 1.82) is 5.41 Å². The molecule has 0 aliphatic heterocycles. The molecule has 0 saturated heterocycles.